The highest BCUT2D eigenvalue weighted by Gasteiger charge is 2.25. The van der Waals surface area contributed by atoms with Gasteiger partial charge in [-0.25, -0.2) is 4.98 Å². The first-order chi connectivity index (χ1) is 15.7. The Labute approximate surface area is 200 Å². The molecule has 0 saturated carbocycles. The van der Waals surface area contributed by atoms with Crippen molar-refractivity contribution in [1.82, 2.24) is 24.8 Å². The van der Waals surface area contributed by atoms with E-state index in [4.69, 9.17) is 10.1 Å². The normalized spacial score (nSPS) is 15.2. The van der Waals surface area contributed by atoms with Crippen molar-refractivity contribution in [2.75, 3.05) is 49.5 Å². The molecule has 0 unspecified atom stereocenters. The molecule has 1 fully saturated rings. The third kappa shape index (κ3) is 5.65. The van der Waals surface area contributed by atoms with E-state index in [-0.39, 0.29) is 11.4 Å². The molecule has 178 valence electrons. The van der Waals surface area contributed by atoms with Gasteiger partial charge in [0.15, 0.2) is 5.82 Å². The number of hydrogen-bond donors (Lipinski definition) is 2. The van der Waals surface area contributed by atoms with E-state index in [1.54, 1.807) is 11.3 Å². The first kappa shape index (κ1) is 23.5. The van der Waals surface area contributed by atoms with Gasteiger partial charge in [-0.05, 0) is 40.2 Å². The van der Waals surface area contributed by atoms with Gasteiger partial charge in [0.2, 0.25) is 16.0 Å². The molecule has 0 atom stereocenters. The van der Waals surface area contributed by atoms with Crippen LogP contribution in [0.1, 0.15) is 39.7 Å². The van der Waals surface area contributed by atoms with E-state index in [1.807, 2.05) is 4.52 Å². The molecule has 2 N–H and O–H groups in total. The summed E-state index contributed by atoms with van der Waals surface area (Å²) in [6, 6.07) is 8.43. The third-order valence-corrected chi connectivity index (χ3v) is 6.53. The maximum absolute atomic E-state index is 12.0. The number of nitrogens with one attached hydrogen (secondary N) is 2. The number of piperazine rings is 1. The van der Waals surface area contributed by atoms with Crippen molar-refractivity contribution >= 4 is 33.2 Å². The van der Waals surface area contributed by atoms with Gasteiger partial charge in [-0.15, -0.1) is 5.10 Å². The highest BCUT2D eigenvalue weighted by Crippen LogP contribution is 2.35. The average molecular weight is 470 g/mol. The zero-order valence-corrected chi connectivity index (χ0v) is 21.1. The van der Waals surface area contributed by atoms with Gasteiger partial charge >= 0.3 is 0 Å². The van der Waals surface area contributed by atoms with Gasteiger partial charge in [-0.1, -0.05) is 42.0 Å². The monoisotopic (exact) mass is 469 g/mol. The summed E-state index contributed by atoms with van der Waals surface area (Å²) in [5.41, 5.74) is 3.11. The minimum Gasteiger partial charge on any atom is -0.364 e. The first-order valence-corrected chi connectivity index (χ1v) is 12.5. The smallest absolute Gasteiger partial charge is 0.234 e. The van der Waals surface area contributed by atoms with Gasteiger partial charge in [0, 0.05) is 43.8 Å². The Balaban J connectivity index is 1.53. The minimum atomic E-state index is -0.123. The molecule has 1 aliphatic heterocycles. The molecule has 0 bridgehead atoms. The number of aryl methyl sites for hydroxylation is 1. The second-order valence-corrected chi connectivity index (χ2v) is 10.7. The van der Waals surface area contributed by atoms with Gasteiger partial charge in [0.25, 0.3) is 0 Å². The minimum absolute atomic E-state index is 0.111. The molecule has 1 aromatic carbocycles. The molecule has 4 rings (SSSR count). The fraction of sp³-hybridized carbons (Fsp3) is 0.542. The Morgan fingerprint density at radius 2 is 1.94 bits per heavy atom. The van der Waals surface area contributed by atoms with Crippen LogP contribution in [-0.2, 0) is 4.79 Å². The van der Waals surface area contributed by atoms with Gasteiger partial charge in [0.05, 0.1) is 6.54 Å². The predicted molar refractivity (Wildman–Crippen MR) is 136 cm³/mol. The number of nitrogens with zero attached hydrogens (tertiary/aromatic N) is 5. The van der Waals surface area contributed by atoms with Crippen LogP contribution in [0.4, 0.5) is 10.9 Å². The summed E-state index contributed by atoms with van der Waals surface area (Å²) in [7, 11) is 0. The second kappa shape index (κ2) is 9.69. The molecular weight excluding hydrogens is 434 g/mol. The lowest BCUT2D eigenvalue weighted by molar-refractivity contribution is -0.122. The van der Waals surface area contributed by atoms with E-state index < -0.39 is 0 Å². The molecule has 0 aliphatic carbocycles. The largest absolute Gasteiger partial charge is 0.364 e. The zero-order chi connectivity index (χ0) is 23.6. The van der Waals surface area contributed by atoms with E-state index in [0.717, 1.165) is 66.3 Å². The number of anilines is 2. The summed E-state index contributed by atoms with van der Waals surface area (Å²) in [5, 5.41) is 12.5. The standard InChI is InChI=1S/C24H35N7OS/c1-6-10-25-19(32)16-29-11-13-30(14-12-29)23-28-31-21(27-24(3,4)5)20(26-22(31)33-23)18-9-7-8-17(2)15-18/h7-9,15,27H,6,10-14,16H2,1-5H3,(H,25,32). The van der Waals surface area contributed by atoms with Crippen molar-refractivity contribution in [3.63, 3.8) is 0 Å². The Morgan fingerprint density at radius 1 is 1.18 bits per heavy atom. The van der Waals surface area contributed by atoms with Crippen molar-refractivity contribution in [1.29, 1.82) is 0 Å². The van der Waals surface area contributed by atoms with E-state index >= 15 is 0 Å². The maximum Gasteiger partial charge on any atom is 0.234 e. The van der Waals surface area contributed by atoms with Crippen LogP contribution in [0.2, 0.25) is 0 Å². The number of fused-ring (bicyclic) bond motifs is 1. The molecular formula is C24H35N7OS. The first-order valence-electron chi connectivity index (χ1n) is 11.7. The maximum atomic E-state index is 12.0. The summed E-state index contributed by atoms with van der Waals surface area (Å²) in [5.74, 6) is 1.04. The quantitative estimate of drug-likeness (QED) is 0.550. The number of hydrogen-bond acceptors (Lipinski definition) is 7. The molecule has 0 radical (unpaired) electrons. The van der Waals surface area contributed by atoms with Crippen molar-refractivity contribution in [2.45, 2.75) is 46.6 Å². The summed E-state index contributed by atoms with van der Waals surface area (Å²) in [4.78, 5) is 22.4. The Bertz CT molecular complexity index is 1110. The molecule has 0 spiro atoms. The molecule has 9 heteroatoms. The van der Waals surface area contributed by atoms with Crippen LogP contribution >= 0.6 is 11.3 Å². The zero-order valence-electron chi connectivity index (χ0n) is 20.3. The van der Waals surface area contributed by atoms with Crippen LogP contribution in [0.5, 0.6) is 0 Å². The van der Waals surface area contributed by atoms with Crippen LogP contribution in [0, 0.1) is 6.92 Å². The topological polar surface area (TPSA) is 77.8 Å². The predicted octanol–water partition coefficient (Wildman–Crippen LogP) is 3.62. The fourth-order valence-electron chi connectivity index (χ4n) is 3.95. The van der Waals surface area contributed by atoms with Gasteiger partial charge in [-0.2, -0.15) is 4.52 Å². The number of imidazole rings is 1. The summed E-state index contributed by atoms with van der Waals surface area (Å²) in [6.07, 6.45) is 0.961. The molecule has 1 aliphatic rings. The lowest BCUT2D eigenvalue weighted by atomic mass is 10.1. The Kier molecular flexibility index (Phi) is 6.90. The van der Waals surface area contributed by atoms with Crippen molar-refractivity contribution < 1.29 is 4.79 Å². The molecule has 1 amide bonds. The number of aromatic nitrogens is 3. The number of amides is 1. The Morgan fingerprint density at radius 3 is 2.61 bits per heavy atom. The van der Waals surface area contributed by atoms with E-state index in [0.29, 0.717) is 6.54 Å². The number of carbonyl (C=O) groups excluding carboxylic acids is 1. The summed E-state index contributed by atoms with van der Waals surface area (Å²) >= 11 is 1.62. The van der Waals surface area contributed by atoms with Crippen LogP contribution in [0.15, 0.2) is 24.3 Å². The van der Waals surface area contributed by atoms with Gasteiger partial charge in [0.1, 0.15) is 5.69 Å². The van der Waals surface area contributed by atoms with E-state index in [1.165, 1.54) is 5.56 Å². The molecule has 1 saturated heterocycles. The molecule has 8 nitrogen and oxygen atoms in total. The number of rotatable bonds is 7. The SMILES string of the molecule is CCCNC(=O)CN1CCN(c2nn3c(NC(C)(C)C)c(-c4cccc(C)c4)nc3s2)CC1. The third-order valence-electron chi connectivity index (χ3n) is 5.56. The number of carbonyl (C=O) groups is 1. The second-order valence-electron chi connectivity index (χ2n) is 9.75. The molecule has 3 heterocycles. The lowest BCUT2D eigenvalue weighted by Crippen LogP contribution is -2.49. The molecule has 33 heavy (non-hydrogen) atoms. The Hall–Kier alpha value is -2.65. The van der Waals surface area contributed by atoms with Crippen LogP contribution < -0.4 is 15.5 Å². The van der Waals surface area contributed by atoms with Crippen LogP contribution in [0.25, 0.3) is 16.2 Å². The summed E-state index contributed by atoms with van der Waals surface area (Å²) in [6.45, 7) is 15.2. The summed E-state index contributed by atoms with van der Waals surface area (Å²) < 4.78 is 1.95. The van der Waals surface area contributed by atoms with Crippen LogP contribution in [-0.4, -0.2) is 70.2 Å². The van der Waals surface area contributed by atoms with Gasteiger partial charge < -0.3 is 15.5 Å². The number of benzene rings is 1. The van der Waals surface area contributed by atoms with Gasteiger partial charge in [-0.3, -0.25) is 9.69 Å². The highest BCUT2D eigenvalue weighted by atomic mass is 32.1. The lowest BCUT2D eigenvalue weighted by Gasteiger charge is -2.33. The molecule has 3 aromatic rings. The van der Waals surface area contributed by atoms with Crippen LogP contribution in [0.3, 0.4) is 0 Å². The van der Waals surface area contributed by atoms with Crippen molar-refractivity contribution in [3.8, 4) is 11.3 Å². The molecule has 2 aromatic heterocycles. The highest BCUT2D eigenvalue weighted by molar-refractivity contribution is 7.20. The van der Waals surface area contributed by atoms with E-state index in [9.17, 15) is 4.79 Å². The van der Waals surface area contributed by atoms with E-state index in [2.05, 4.69) is 79.3 Å². The fourth-order valence-corrected chi connectivity index (χ4v) is 4.90. The van der Waals surface area contributed by atoms with Crippen molar-refractivity contribution in [2.24, 2.45) is 0 Å². The van der Waals surface area contributed by atoms with Crippen molar-refractivity contribution in [3.05, 3.63) is 29.8 Å². The average Bonchev–Trinajstić information content (AvgIpc) is 3.31.